The number of carbonyl (C=O) groups excluding carboxylic acids is 2. The van der Waals surface area contributed by atoms with E-state index in [-0.39, 0.29) is 84.3 Å². The summed E-state index contributed by atoms with van der Waals surface area (Å²) >= 11 is 0. The van der Waals surface area contributed by atoms with Gasteiger partial charge in [0.25, 0.3) is 0 Å². The standard InChI is InChI=1S/2C36H54N2O2.2C2H4O2.Co/c2*1-33(2,3)25-17-23(31(39)27(19-25)35(7,8)9)21-37-29-15-13-14-16-30(29)38-22-24-18-26(34(4,5)6)20-28(32(24)40)36(10,11)12;2*1-2(3)4;/h2*17-22,29-30,39-40H,13-16H2,1-12H3;2*1H3,(H,3,4);/q;;;;+2/p-2/t29-,30-;;;;/m0..../s1. The van der Waals surface area contributed by atoms with Crippen molar-refractivity contribution in [3.05, 3.63) is 115 Å². The van der Waals surface area contributed by atoms with Gasteiger partial charge in [0, 0.05) is 81.3 Å². The third kappa shape index (κ3) is 24.1. The second-order valence-electron chi connectivity index (χ2n) is 32.8. The minimum Gasteiger partial charge on any atom is -0.550 e. The van der Waals surface area contributed by atoms with Gasteiger partial charge in [0.15, 0.2) is 0 Å². The van der Waals surface area contributed by atoms with Crippen molar-refractivity contribution in [2.75, 3.05) is 0 Å². The summed E-state index contributed by atoms with van der Waals surface area (Å²) in [7, 11) is 0. The number of rotatable bonds is 8. The number of aliphatic carboxylic acids is 2. The molecule has 4 N–H and O–H groups in total. The second-order valence-corrected chi connectivity index (χ2v) is 32.8. The van der Waals surface area contributed by atoms with Crippen molar-refractivity contribution < 1.29 is 57.0 Å². The molecular weight excluding hydrogens is 1160 g/mol. The van der Waals surface area contributed by atoms with Crippen LogP contribution in [0.1, 0.15) is 298 Å². The van der Waals surface area contributed by atoms with E-state index in [1.165, 1.54) is 22.3 Å². The zero-order valence-electron chi connectivity index (χ0n) is 59.4. The van der Waals surface area contributed by atoms with Crippen LogP contribution in [-0.2, 0) is 69.7 Å². The molecule has 0 bridgehead atoms. The van der Waals surface area contributed by atoms with E-state index in [9.17, 15) is 20.4 Å². The molecular formula is C76H114CoN4O8. The van der Waals surface area contributed by atoms with Gasteiger partial charge in [-0.1, -0.05) is 216 Å². The summed E-state index contributed by atoms with van der Waals surface area (Å²) in [6, 6.07) is 17.1. The summed E-state index contributed by atoms with van der Waals surface area (Å²) in [5, 5.41) is 62.7. The average Bonchev–Trinajstić information content (AvgIpc) is 1.59. The predicted octanol–water partition coefficient (Wildman–Crippen LogP) is 15.8. The molecule has 6 rings (SSSR count). The molecule has 4 aromatic carbocycles. The summed E-state index contributed by atoms with van der Waals surface area (Å²) in [5.41, 5.74) is 10.8. The van der Waals surface area contributed by atoms with Gasteiger partial charge in [0.1, 0.15) is 23.0 Å². The number of aliphatic imine (C=N–C) groups is 4. The fourth-order valence-electron chi connectivity index (χ4n) is 10.6. The zero-order chi connectivity index (χ0) is 67.7. The molecule has 4 aromatic rings. The van der Waals surface area contributed by atoms with Crippen molar-refractivity contribution in [1.29, 1.82) is 0 Å². The van der Waals surface area contributed by atoms with Crippen LogP contribution >= 0.6 is 0 Å². The van der Waals surface area contributed by atoms with E-state index in [1.807, 2.05) is 24.9 Å². The number of carboxylic acid groups (broad SMARTS) is 2. The number of hydrogen-bond donors (Lipinski definition) is 4. The normalized spacial score (nSPS) is 18.2. The molecule has 13 heteroatoms. The minimum atomic E-state index is -1.08. The Hall–Kier alpha value is -5.79. The van der Waals surface area contributed by atoms with Crippen LogP contribution in [0.5, 0.6) is 23.0 Å². The maximum absolute atomic E-state index is 11.2. The van der Waals surface area contributed by atoms with E-state index in [0.717, 1.165) is 110 Å². The second kappa shape index (κ2) is 31.0. The Kier molecular flexibility index (Phi) is 27.6. The van der Waals surface area contributed by atoms with Gasteiger partial charge in [0.05, 0.1) is 24.2 Å². The van der Waals surface area contributed by atoms with Crippen molar-refractivity contribution in [1.82, 2.24) is 0 Å². The first-order chi connectivity index (χ1) is 39.8. The number of phenolic OH excluding ortho intramolecular Hbond substituents is 4. The maximum Gasteiger partial charge on any atom is 2.00 e. The van der Waals surface area contributed by atoms with Crippen molar-refractivity contribution in [3.63, 3.8) is 0 Å². The van der Waals surface area contributed by atoms with Crippen molar-refractivity contribution in [2.45, 2.75) is 299 Å². The fraction of sp³-hybridized carbons (Fsp3) is 0.605. The van der Waals surface area contributed by atoms with E-state index in [0.29, 0.717) is 23.0 Å². The molecule has 0 amide bonds. The molecule has 1 radical (unpaired) electrons. The molecule has 89 heavy (non-hydrogen) atoms. The van der Waals surface area contributed by atoms with Gasteiger partial charge in [-0.15, -0.1) is 0 Å². The van der Waals surface area contributed by atoms with Crippen LogP contribution in [0, 0.1) is 0 Å². The number of carboxylic acids is 2. The molecule has 12 nitrogen and oxygen atoms in total. The summed E-state index contributed by atoms with van der Waals surface area (Å²) in [6.45, 7) is 54.0. The van der Waals surface area contributed by atoms with Crippen molar-refractivity contribution in [3.8, 4) is 23.0 Å². The molecule has 0 aromatic heterocycles. The molecule has 2 saturated carbocycles. The molecule has 0 heterocycles. The van der Waals surface area contributed by atoms with Crippen LogP contribution in [0.2, 0.25) is 0 Å². The van der Waals surface area contributed by atoms with Gasteiger partial charge in [-0.2, -0.15) is 0 Å². The Morgan fingerprint density at radius 3 is 0.607 bits per heavy atom. The molecule has 0 aliphatic heterocycles. The van der Waals surface area contributed by atoms with Crippen LogP contribution in [0.25, 0.3) is 0 Å². The van der Waals surface area contributed by atoms with Crippen molar-refractivity contribution in [2.24, 2.45) is 20.0 Å². The Labute approximate surface area is 548 Å². The fourth-order valence-corrected chi connectivity index (χ4v) is 10.6. The van der Waals surface area contributed by atoms with E-state index in [4.69, 9.17) is 39.8 Å². The number of nitrogens with zero attached hydrogens (tertiary/aromatic N) is 4. The molecule has 2 aliphatic carbocycles. The van der Waals surface area contributed by atoms with E-state index >= 15 is 0 Å². The molecule has 0 spiro atoms. The van der Waals surface area contributed by atoms with Crippen LogP contribution in [0.4, 0.5) is 0 Å². The Bertz CT molecular complexity index is 2730. The largest absolute Gasteiger partial charge is 2.00 e. The van der Waals surface area contributed by atoms with Gasteiger partial charge >= 0.3 is 16.8 Å². The van der Waals surface area contributed by atoms with Crippen LogP contribution in [0.15, 0.2) is 68.5 Å². The third-order valence-corrected chi connectivity index (χ3v) is 16.3. The quantitative estimate of drug-likeness (QED) is 0.124. The Morgan fingerprint density at radius 2 is 0.483 bits per heavy atom. The van der Waals surface area contributed by atoms with Gasteiger partial charge in [0.2, 0.25) is 0 Å². The number of phenols is 4. The number of aromatic hydroxyl groups is 4. The molecule has 2 fully saturated rings. The van der Waals surface area contributed by atoms with Crippen molar-refractivity contribution >= 4 is 36.8 Å². The molecule has 2 aliphatic rings. The number of benzene rings is 4. The summed E-state index contributed by atoms with van der Waals surface area (Å²) in [4.78, 5) is 37.9. The summed E-state index contributed by atoms with van der Waals surface area (Å²) < 4.78 is 0. The minimum absolute atomic E-state index is 0. The number of hydrogen-bond acceptors (Lipinski definition) is 12. The topological polar surface area (TPSA) is 211 Å². The maximum atomic E-state index is 11.2. The molecule has 0 saturated heterocycles. The third-order valence-electron chi connectivity index (χ3n) is 16.3. The van der Waals surface area contributed by atoms with Crippen LogP contribution < -0.4 is 10.2 Å². The molecule has 2 unspecified atom stereocenters. The Balaban J connectivity index is 0.000000535. The zero-order valence-corrected chi connectivity index (χ0v) is 60.5. The smallest absolute Gasteiger partial charge is 0.550 e. The predicted molar refractivity (Wildman–Crippen MR) is 366 cm³/mol. The van der Waals surface area contributed by atoms with E-state index in [2.05, 4.69) is 215 Å². The first kappa shape index (κ1) is 79.3. The average molecular weight is 1270 g/mol. The first-order valence-electron chi connectivity index (χ1n) is 31.8. The first-order valence-corrected chi connectivity index (χ1v) is 31.8. The van der Waals surface area contributed by atoms with E-state index in [1.54, 1.807) is 0 Å². The van der Waals surface area contributed by atoms with Gasteiger partial charge < -0.3 is 40.2 Å². The molecule has 495 valence electrons. The van der Waals surface area contributed by atoms with Gasteiger partial charge in [-0.25, -0.2) is 0 Å². The SMILES string of the molecule is CC(=O)[O-].CC(=O)[O-].CC(C)(C)c1cc(C=NC2CCCCC2N=Cc2cc(C(C)(C)C)cc(C(C)(C)C)c2O)c(O)c(C(C)(C)C)c1.CC(C)(C)c1cc(C=N[C@H]2CCCC[C@@H]2N=Cc2cc(C(C)(C)C)cc(C(C)(C)C)c2O)c(O)c(C(C)(C)C)c1.[Co+2]. The number of carbonyl (C=O) groups is 2. The monoisotopic (exact) mass is 1270 g/mol. The Morgan fingerprint density at radius 1 is 0.337 bits per heavy atom. The van der Waals surface area contributed by atoms with Crippen LogP contribution in [0.3, 0.4) is 0 Å². The summed E-state index contributed by atoms with van der Waals surface area (Å²) in [5.74, 6) is -0.894. The van der Waals surface area contributed by atoms with Gasteiger partial charge in [-0.05, 0) is 129 Å². The molecule has 4 atom stereocenters. The van der Waals surface area contributed by atoms with Crippen LogP contribution in [-0.4, -0.2) is 81.4 Å². The van der Waals surface area contributed by atoms with E-state index < -0.39 is 11.9 Å². The van der Waals surface area contributed by atoms with Gasteiger partial charge in [-0.3, -0.25) is 20.0 Å². The summed E-state index contributed by atoms with van der Waals surface area (Å²) in [6.07, 6.45) is 15.8.